The van der Waals surface area contributed by atoms with Gasteiger partial charge in [-0.25, -0.2) is 9.79 Å². The molecule has 6 heteroatoms. The van der Waals surface area contributed by atoms with Crippen molar-refractivity contribution in [3.63, 3.8) is 0 Å². The van der Waals surface area contributed by atoms with Gasteiger partial charge in [0, 0.05) is 6.04 Å². The summed E-state index contributed by atoms with van der Waals surface area (Å²) in [7, 11) is 0. The van der Waals surface area contributed by atoms with Gasteiger partial charge >= 0.3 is 6.03 Å². The minimum absolute atomic E-state index is 0.0210. The quantitative estimate of drug-likeness (QED) is 0.581. The zero-order chi connectivity index (χ0) is 10.3. The van der Waals surface area contributed by atoms with E-state index < -0.39 is 12.2 Å². The van der Waals surface area contributed by atoms with Crippen LogP contribution in [0.5, 0.6) is 0 Å². The van der Waals surface area contributed by atoms with E-state index in [4.69, 9.17) is 0 Å². The average molecular weight is 196 g/mol. The van der Waals surface area contributed by atoms with Crippen LogP contribution < -0.4 is 10.6 Å². The number of carbonyl (C=O) groups is 2. The minimum atomic E-state index is -0.435. The second-order valence-corrected chi connectivity index (χ2v) is 3.63. The average Bonchev–Trinajstić information content (AvgIpc) is 2.51. The first-order valence-corrected chi connectivity index (χ1v) is 4.52. The molecule has 76 valence electrons. The molecule has 0 bridgehead atoms. The zero-order valence-electron chi connectivity index (χ0n) is 8.02. The van der Waals surface area contributed by atoms with Gasteiger partial charge in [-0.3, -0.25) is 15.0 Å². The number of hydrogen-bond donors (Lipinski definition) is 2. The van der Waals surface area contributed by atoms with Gasteiger partial charge in [0.1, 0.15) is 6.04 Å². The van der Waals surface area contributed by atoms with Crippen LogP contribution in [0.2, 0.25) is 0 Å². The van der Waals surface area contributed by atoms with Crippen LogP contribution in [0.1, 0.15) is 13.8 Å². The predicted molar refractivity (Wildman–Crippen MR) is 49.7 cm³/mol. The van der Waals surface area contributed by atoms with Crippen LogP contribution in [-0.2, 0) is 4.79 Å². The monoisotopic (exact) mass is 196 g/mol. The molecular formula is C8H12N4O2. The second-order valence-electron chi connectivity index (χ2n) is 3.63. The van der Waals surface area contributed by atoms with E-state index in [9.17, 15) is 9.59 Å². The number of aliphatic imine (C=N–C) groups is 1. The van der Waals surface area contributed by atoms with Gasteiger partial charge in [-0.15, -0.1) is 0 Å². The number of hydrogen-bond acceptors (Lipinski definition) is 4. The Morgan fingerprint density at radius 1 is 1.50 bits per heavy atom. The maximum Gasteiger partial charge on any atom is 0.326 e. The molecule has 0 aliphatic carbocycles. The third-order valence-electron chi connectivity index (χ3n) is 2.37. The van der Waals surface area contributed by atoms with Gasteiger partial charge < -0.3 is 5.32 Å². The first-order chi connectivity index (χ1) is 6.61. The minimum Gasteiger partial charge on any atom is -0.362 e. The van der Waals surface area contributed by atoms with Crippen LogP contribution in [-0.4, -0.2) is 41.4 Å². The van der Waals surface area contributed by atoms with Crippen LogP contribution >= 0.6 is 0 Å². The predicted octanol–water partition coefficient (Wildman–Crippen LogP) is -0.727. The van der Waals surface area contributed by atoms with E-state index in [0.29, 0.717) is 0 Å². The van der Waals surface area contributed by atoms with Crippen LogP contribution in [0, 0.1) is 0 Å². The smallest absolute Gasteiger partial charge is 0.326 e. The maximum absolute atomic E-state index is 11.5. The van der Waals surface area contributed by atoms with E-state index in [1.807, 2.05) is 13.8 Å². The van der Waals surface area contributed by atoms with E-state index >= 15 is 0 Å². The summed E-state index contributed by atoms with van der Waals surface area (Å²) in [4.78, 5) is 28.5. The molecule has 2 unspecified atom stereocenters. The molecule has 1 saturated heterocycles. The fourth-order valence-corrected chi connectivity index (χ4v) is 1.72. The highest BCUT2D eigenvalue weighted by molar-refractivity contribution is 6.02. The summed E-state index contributed by atoms with van der Waals surface area (Å²) in [6.07, 6.45) is 1.08. The first-order valence-electron chi connectivity index (χ1n) is 4.52. The lowest BCUT2D eigenvalue weighted by molar-refractivity contribution is -0.124. The highest BCUT2D eigenvalue weighted by atomic mass is 16.2. The molecule has 2 N–H and O–H groups in total. The van der Waals surface area contributed by atoms with Crippen LogP contribution in [0.4, 0.5) is 4.79 Å². The summed E-state index contributed by atoms with van der Waals surface area (Å²) in [5, 5.41) is 5.10. The van der Waals surface area contributed by atoms with E-state index in [1.54, 1.807) is 4.90 Å². The largest absolute Gasteiger partial charge is 0.362 e. The summed E-state index contributed by atoms with van der Waals surface area (Å²) in [6.45, 7) is 3.78. The number of nitrogens with one attached hydrogen (secondary N) is 2. The molecule has 2 rings (SSSR count). The first kappa shape index (κ1) is 8.98. The summed E-state index contributed by atoms with van der Waals surface area (Å²) in [6, 6.07) is -0.783. The molecule has 2 atom stereocenters. The molecule has 0 aromatic heterocycles. The van der Waals surface area contributed by atoms with Crippen LogP contribution in [0.25, 0.3) is 0 Å². The van der Waals surface area contributed by atoms with Crippen molar-refractivity contribution in [2.24, 2.45) is 4.99 Å². The third-order valence-corrected chi connectivity index (χ3v) is 2.37. The highest BCUT2D eigenvalue weighted by Gasteiger charge is 2.43. The standard InChI is InChI=1S/C8H12N4O2/c1-4(2)12-6-5(9-3-10-6)7(13)11-8(12)14/h3-6H,1-2H3,(H,9,10)(H,11,13,14). The van der Waals surface area contributed by atoms with Gasteiger partial charge in [-0.05, 0) is 13.8 Å². The molecule has 2 heterocycles. The van der Waals surface area contributed by atoms with Crippen molar-refractivity contribution >= 4 is 18.3 Å². The lowest BCUT2D eigenvalue weighted by Crippen LogP contribution is -2.65. The Kier molecular flexibility index (Phi) is 1.90. The SMILES string of the molecule is CC(C)N1C(=O)NC(=O)C2NC=NC21. The summed E-state index contributed by atoms with van der Waals surface area (Å²) in [5.74, 6) is -0.311. The van der Waals surface area contributed by atoms with Crippen LogP contribution in [0.3, 0.4) is 0 Å². The molecule has 6 nitrogen and oxygen atoms in total. The number of rotatable bonds is 1. The molecular weight excluding hydrogens is 184 g/mol. The van der Waals surface area contributed by atoms with E-state index in [1.165, 1.54) is 6.34 Å². The van der Waals surface area contributed by atoms with Gasteiger partial charge in [0.2, 0.25) is 0 Å². The Balaban J connectivity index is 2.28. The van der Waals surface area contributed by atoms with E-state index in [2.05, 4.69) is 15.6 Å². The number of carbonyl (C=O) groups excluding carboxylic acids is 2. The molecule has 0 radical (unpaired) electrons. The van der Waals surface area contributed by atoms with Gasteiger partial charge in [0.05, 0.1) is 6.34 Å². The van der Waals surface area contributed by atoms with Crippen molar-refractivity contribution in [1.29, 1.82) is 0 Å². The molecule has 0 aromatic rings. The van der Waals surface area contributed by atoms with Crippen molar-refractivity contribution in [1.82, 2.24) is 15.5 Å². The molecule has 3 amide bonds. The van der Waals surface area contributed by atoms with Gasteiger partial charge in [-0.2, -0.15) is 0 Å². The fraction of sp³-hybridized carbons (Fsp3) is 0.625. The van der Waals surface area contributed by atoms with Gasteiger partial charge in [-0.1, -0.05) is 0 Å². The number of fused-ring (bicyclic) bond motifs is 1. The maximum atomic E-state index is 11.5. The Labute approximate surface area is 81.4 Å². The third kappa shape index (κ3) is 1.14. The van der Waals surface area contributed by atoms with E-state index in [0.717, 1.165) is 0 Å². The van der Waals surface area contributed by atoms with Crippen molar-refractivity contribution in [3.8, 4) is 0 Å². The topological polar surface area (TPSA) is 73.8 Å². The Bertz CT molecular complexity index is 312. The van der Waals surface area contributed by atoms with E-state index in [-0.39, 0.29) is 18.0 Å². The van der Waals surface area contributed by atoms with Crippen molar-refractivity contribution in [2.45, 2.75) is 32.1 Å². The number of amides is 3. The molecule has 0 aromatic carbocycles. The lowest BCUT2D eigenvalue weighted by Gasteiger charge is -2.37. The summed E-state index contributed by atoms with van der Waals surface area (Å²) >= 11 is 0. The molecule has 14 heavy (non-hydrogen) atoms. The molecule has 1 fully saturated rings. The Morgan fingerprint density at radius 2 is 2.21 bits per heavy atom. The highest BCUT2D eigenvalue weighted by Crippen LogP contribution is 2.18. The number of nitrogens with zero attached hydrogens (tertiary/aromatic N) is 2. The molecule has 0 spiro atoms. The van der Waals surface area contributed by atoms with Gasteiger partial charge in [0.25, 0.3) is 5.91 Å². The number of imide groups is 1. The lowest BCUT2D eigenvalue weighted by atomic mass is 10.1. The normalized spacial score (nSPS) is 30.4. The van der Waals surface area contributed by atoms with Crippen LogP contribution in [0.15, 0.2) is 4.99 Å². The summed E-state index contributed by atoms with van der Waals surface area (Å²) in [5.41, 5.74) is 0. The van der Waals surface area contributed by atoms with Gasteiger partial charge in [0.15, 0.2) is 6.17 Å². The summed E-state index contributed by atoms with van der Waals surface area (Å²) < 4.78 is 0. The van der Waals surface area contributed by atoms with Crippen molar-refractivity contribution in [2.75, 3.05) is 0 Å². The molecule has 2 aliphatic rings. The molecule has 0 saturated carbocycles. The number of urea groups is 1. The van der Waals surface area contributed by atoms with Crippen molar-refractivity contribution in [3.05, 3.63) is 0 Å². The molecule has 2 aliphatic heterocycles. The second kappa shape index (κ2) is 2.97. The fourth-order valence-electron chi connectivity index (χ4n) is 1.72. The van der Waals surface area contributed by atoms with Crippen molar-refractivity contribution < 1.29 is 9.59 Å². The Hall–Kier alpha value is -1.59. The Morgan fingerprint density at radius 3 is 2.86 bits per heavy atom. The zero-order valence-corrected chi connectivity index (χ0v) is 8.02.